The van der Waals surface area contributed by atoms with E-state index in [-0.39, 0.29) is 5.92 Å². The summed E-state index contributed by atoms with van der Waals surface area (Å²) in [7, 11) is 1.61. The number of aromatic nitrogens is 3. The van der Waals surface area contributed by atoms with E-state index >= 15 is 0 Å². The highest BCUT2D eigenvalue weighted by Gasteiger charge is 2.41. The summed E-state index contributed by atoms with van der Waals surface area (Å²) in [6.07, 6.45) is 0.981. The fourth-order valence-electron chi connectivity index (χ4n) is 3.83. The molecule has 0 bridgehead atoms. The van der Waals surface area contributed by atoms with Crippen molar-refractivity contribution < 1.29 is 14.0 Å². The Bertz CT molecular complexity index is 745. The van der Waals surface area contributed by atoms with Gasteiger partial charge in [0.2, 0.25) is 17.6 Å². The zero-order chi connectivity index (χ0) is 16.7. The maximum absolute atomic E-state index is 5.62. The van der Waals surface area contributed by atoms with E-state index in [1.54, 1.807) is 7.11 Å². The maximum atomic E-state index is 5.62. The van der Waals surface area contributed by atoms with Crippen LogP contribution in [0.2, 0.25) is 0 Å². The van der Waals surface area contributed by atoms with Crippen LogP contribution in [0.15, 0.2) is 10.6 Å². The predicted molar refractivity (Wildman–Crippen MR) is 87.0 cm³/mol. The molecule has 0 aromatic carbocycles. The van der Waals surface area contributed by atoms with E-state index < -0.39 is 0 Å². The minimum atomic E-state index is 0.240. The number of methoxy groups -OCH3 is 1. The lowest BCUT2D eigenvalue weighted by Crippen LogP contribution is -2.44. The molecule has 0 radical (unpaired) electrons. The molecule has 0 aliphatic carbocycles. The normalized spacial score (nSPS) is 26.4. The fraction of sp³-hybridized carbons (Fsp3) is 0.588. The second kappa shape index (κ2) is 6.14. The number of fused-ring (bicyclic) bond motifs is 1. The summed E-state index contributed by atoms with van der Waals surface area (Å²) in [5.74, 6) is 2.40. The van der Waals surface area contributed by atoms with Crippen molar-refractivity contribution in [3.63, 3.8) is 0 Å². The standard InChI is InChI=1S/C17H22N4O3/c1-9-6-10(2)19-17(22-3)14(9)15-20-16(24-21-15)11-4-5-18-13-8-23-7-12(11)13/h6,11-13,18H,4-5,7-8H2,1-3H3/t11?,12-,13+/m0/s1. The Labute approximate surface area is 140 Å². The van der Waals surface area contributed by atoms with Crippen molar-refractivity contribution in [3.05, 3.63) is 23.2 Å². The first kappa shape index (κ1) is 15.5. The van der Waals surface area contributed by atoms with Gasteiger partial charge in [-0.05, 0) is 38.4 Å². The lowest BCUT2D eigenvalue weighted by molar-refractivity contribution is 0.175. The van der Waals surface area contributed by atoms with Gasteiger partial charge in [-0.2, -0.15) is 4.98 Å². The topological polar surface area (TPSA) is 82.3 Å². The molecule has 0 amide bonds. The van der Waals surface area contributed by atoms with E-state index in [0.29, 0.717) is 29.6 Å². The number of hydrogen-bond donors (Lipinski definition) is 1. The highest BCUT2D eigenvalue weighted by Crippen LogP contribution is 2.37. The summed E-state index contributed by atoms with van der Waals surface area (Å²) in [5.41, 5.74) is 2.73. The molecular weight excluding hydrogens is 308 g/mol. The molecule has 3 atom stereocenters. The maximum Gasteiger partial charge on any atom is 0.230 e. The zero-order valence-corrected chi connectivity index (χ0v) is 14.2. The first-order valence-corrected chi connectivity index (χ1v) is 8.34. The Balaban J connectivity index is 1.68. The molecule has 2 aromatic heterocycles. The number of hydrogen-bond acceptors (Lipinski definition) is 7. The van der Waals surface area contributed by atoms with Gasteiger partial charge in [0.1, 0.15) is 0 Å². The Morgan fingerprint density at radius 1 is 1.25 bits per heavy atom. The minimum absolute atomic E-state index is 0.240. The van der Waals surface area contributed by atoms with Gasteiger partial charge in [0.15, 0.2) is 0 Å². The number of ether oxygens (including phenoxy) is 2. The van der Waals surface area contributed by atoms with Crippen molar-refractivity contribution >= 4 is 0 Å². The Morgan fingerprint density at radius 2 is 2.12 bits per heavy atom. The summed E-state index contributed by atoms with van der Waals surface area (Å²) in [6.45, 7) is 6.40. The second-order valence-corrected chi connectivity index (χ2v) is 6.58. The molecule has 4 heterocycles. The lowest BCUT2D eigenvalue weighted by Gasteiger charge is -2.30. The SMILES string of the molecule is COc1nc(C)cc(C)c1-c1noc(C2CCN[C@@H]3COC[C@@H]23)n1. The van der Waals surface area contributed by atoms with E-state index in [2.05, 4.69) is 20.4 Å². The van der Waals surface area contributed by atoms with Crippen molar-refractivity contribution in [3.8, 4) is 17.3 Å². The first-order valence-electron chi connectivity index (χ1n) is 8.34. The Hall–Kier alpha value is -1.99. The van der Waals surface area contributed by atoms with Gasteiger partial charge in [0.25, 0.3) is 0 Å². The summed E-state index contributed by atoms with van der Waals surface area (Å²) in [6, 6.07) is 2.38. The number of aryl methyl sites for hydroxylation is 2. The van der Waals surface area contributed by atoms with Crippen LogP contribution in [-0.2, 0) is 4.74 Å². The van der Waals surface area contributed by atoms with Crippen molar-refractivity contribution in [2.75, 3.05) is 26.9 Å². The zero-order valence-electron chi connectivity index (χ0n) is 14.2. The third-order valence-corrected chi connectivity index (χ3v) is 4.99. The van der Waals surface area contributed by atoms with Crippen molar-refractivity contribution in [2.45, 2.75) is 32.2 Å². The number of piperidine rings is 1. The molecule has 0 spiro atoms. The van der Waals surface area contributed by atoms with Crippen LogP contribution in [0, 0.1) is 19.8 Å². The fourth-order valence-corrected chi connectivity index (χ4v) is 3.83. The van der Waals surface area contributed by atoms with Gasteiger partial charge in [0, 0.05) is 23.6 Å². The Morgan fingerprint density at radius 3 is 2.96 bits per heavy atom. The molecule has 7 nitrogen and oxygen atoms in total. The van der Waals surface area contributed by atoms with Crippen LogP contribution >= 0.6 is 0 Å². The molecule has 4 rings (SSSR count). The van der Waals surface area contributed by atoms with Crippen molar-refractivity contribution in [2.24, 2.45) is 5.92 Å². The highest BCUT2D eigenvalue weighted by molar-refractivity contribution is 5.65. The number of rotatable bonds is 3. The van der Waals surface area contributed by atoms with E-state index in [1.807, 2.05) is 19.9 Å². The van der Waals surface area contributed by atoms with Gasteiger partial charge < -0.3 is 19.3 Å². The van der Waals surface area contributed by atoms with E-state index in [9.17, 15) is 0 Å². The number of nitrogens with zero attached hydrogens (tertiary/aromatic N) is 3. The Kier molecular flexibility index (Phi) is 3.97. The lowest BCUT2D eigenvalue weighted by atomic mass is 9.82. The molecule has 2 fully saturated rings. The monoisotopic (exact) mass is 330 g/mol. The summed E-state index contributed by atoms with van der Waals surface area (Å²) in [5, 5.41) is 7.72. The van der Waals surface area contributed by atoms with Gasteiger partial charge in [-0.25, -0.2) is 4.98 Å². The van der Waals surface area contributed by atoms with Crippen LogP contribution in [0.1, 0.15) is 29.5 Å². The second-order valence-electron chi connectivity index (χ2n) is 6.58. The molecule has 1 N–H and O–H groups in total. The average Bonchev–Trinajstić information content (AvgIpc) is 3.22. The number of pyridine rings is 1. The van der Waals surface area contributed by atoms with Crippen molar-refractivity contribution in [1.29, 1.82) is 0 Å². The average molecular weight is 330 g/mol. The predicted octanol–water partition coefficient (Wildman–Crippen LogP) is 1.85. The molecule has 1 unspecified atom stereocenters. The highest BCUT2D eigenvalue weighted by atomic mass is 16.5. The van der Waals surface area contributed by atoms with Gasteiger partial charge in [-0.15, -0.1) is 0 Å². The molecule has 2 aliphatic heterocycles. The summed E-state index contributed by atoms with van der Waals surface area (Å²) in [4.78, 5) is 9.11. The molecular formula is C17H22N4O3. The van der Waals surface area contributed by atoms with Crippen LogP contribution in [0.3, 0.4) is 0 Å². The largest absolute Gasteiger partial charge is 0.480 e. The van der Waals surface area contributed by atoms with E-state index in [0.717, 1.165) is 43.0 Å². The molecule has 2 aliphatic rings. The summed E-state index contributed by atoms with van der Waals surface area (Å²) < 4.78 is 16.7. The van der Waals surface area contributed by atoms with Crippen molar-refractivity contribution in [1.82, 2.24) is 20.4 Å². The quantitative estimate of drug-likeness (QED) is 0.919. The first-order chi connectivity index (χ1) is 11.7. The third-order valence-electron chi connectivity index (χ3n) is 4.99. The molecule has 0 saturated carbocycles. The van der Waals surface area contributed by atoms with Crippen LogP contribution in [0.25, 0.3) is 11.4 Å². The van der Waals surface area contributed by atoms with Crippen LogP contribution in [0.5, 0.6) is 5.88 Å². The molecule has 2 aromatic rings. The minimum Gasteiger partial charge on any atom is -0.480 e. The molecule has 24 heavy (non-hydrogen) atoms. The van der Waals surface area contributed by atoms with Gasteiger partial charge in [-0.1, -0.05) is 5.16 Å². The van der Waals surface area contributed by atoms with E-state index in [4.69, 9.17) is 14.0 Å². The van der Waals surface area contributed by atoms with Crippen LogP contribution in [0.4, 0.5) is 0 Å². The summed E-state index contributed by atoms with van der Waals surface area (Å²) >= 11 is 0. The third kappa shape index (κ3) is 2.57. The smallest absolute Gasteiger partial charge is 0.230 e. The van der Waals surface area contributed by atoms with Gasteiger partial charge in [0.05, 0.1) is 25.9 Å². The number of nitrogens with one attached hydrogen (secondary N) is 1. The molecule has 2 saturated heterocycles. The van der Waals surface area contributed by atoms with Gasteiger partial charge >= 0.3 is 0 Å². The van der Waals surface area contributed by atoms with E-state index in [1.165, 1.54) is 0 Å². The molecule has 128 valence electrons. The van der Waals surface area contributed by atoms with Gasteiger partial charge in [-0.3, -0.25) is 0 Å². The molecule has 7 heteroatoms. The van der Waals surface area contributed by atoms with Crippen LogP contribution < -0.4 is 10.1 Å². The van der Waals surface area contributed by atoms with Crippen LogP contribution in [-0.4, -0.2) is 48.0 Å².